The van der Waals surface area contributed by atoms with E-state index >= 15 is 0 Å². The summed E-state index contributed by atoms with van der Waals surface area (Å²) in [5.74, 6) is 1.37. The molecule has 0 bridgehead atoms. The lowest BCUT2D eigenvalue weighted by molar-refractivity contribution is 0.868. The molecule has 0 aliphatic carbocycles. The summed E-state index contributed by atoms with van der Waals surface area (Å²) < 4.78 is 1.53. The Hall–Kier alpha value is -3.22. The summed E-state index contributed by atoms with van der Waals surface area (Å²) in [6.45, 7) is 0.349. The number of aliphatic imine (C=N–C) groups is 1. The van der Waals surface area contributed by atoms with E-state index in [1.54, 1.807) is 17.8 Å². The number of para-hydroxylation sites is 1. The Kier molecular flexibility index (Phi) is 4.82. The number of rotatable bonds is 5. The van der Waals surface area contributed by atoms with Crippen molar-refractivity contribution in [1.29, 1.82) is 0 Å². The van der Waals surface area contributed by atoms with Crippen LogP contribution in [0.5, 0.6) is 0 Å². The number of benzene rings is 2. The van der Waals surface area contributed by atoms with Gasteiger partial charge in [-0.05, 0) is 34.9 Å². The van der Waals surface area contributed by atoms with Crippen LogP contribution in [0.25, 0.3) is 10.4 Å². The van der Waals surface area contributed by atoms with E-state index in [0.717, 1.165) is 33.2 Å². The fourth-order valence-corrected chi connectivity index (χ4v) is 3.72. The predicted octanol–water partition coefficient (Wildman–Crippen LogP) is 4.41. The molecule has 2 heterocycles. The maximum absolute atomic E-state index is 12.3. The molecule has 1 N–H and O–H groups in total. The van der Waals surface area contributed by atoms with E-state index < -0.39 is 0 Å². The van der Waals surface area contributed by atoms with Crippen molar-refractivity contribution in [3.63, 3.8) is 0 Å². The molecule has 0 saturated carbocycles. The molecule has 1 aromatic heterocycles. The SMILES string of the molecule is [N-]=[N+]=NCc1ccc(SCc2cc(=O)n(C3=Nc4ccccc4C3)[nH]2)cc1. The van der Waals surface area contributed by atoms with Crippen molar-refractivity contribution in [3.8, 4) is 0 Å². The molecule has 2 aromatic carbocycles. The molecule has 7 nitrogen and oxygen atoms in total. The molecule has 0 radical (unpaired) electrons. The van der Waals surface area contributed by atoms with Crippen LogP contribution in [0.4, 0.5) is 5.69 Å². The Labute approximate surface area is 159 Å². The number of H-pyrrole nitrogens is 1. The molecule has 0 fully saturated rings. The normalized spacial score (nSPS) is 12.4. The van der Waals surface area contributed by atoms with Gasteiger partial charge < -0.3 is 0 Å². The zero-order valence-corrected chi connectivity index (χ0v) is 15.2. The molecule has 0 atom stereocenters. The number of azide groups is 1. The van der Waals surface area contributed by atoms with Gasteiger partial charge in [0.15, 0.2) is 0 Å². The van der Waals surface area contributed by atoms with E-state index in [-0.39, 0.29) is 5.56 Å². The van der Waals surface area contributed by atoms with Crippen LogP contribution in [0, 0.1) is 0 Å². The molecule has 1 aliphatic heterocycles. The summed E-state index contributed by atoms with van der Waals surface area (Å²) in [5, 5.41) is 6.72. The fraction of sp³-hybridized carbons (Fsp3) is 0.158. The van der Waals surface area contributed by atoms with Crippen molar-refractivity contribution in [3.05, 3.63) is 92.2 Å². The lowest BCUT2D eigenvalue weighted by Crippen LogP contribution is -2.24. The zero-order chi connectivity index (χ0) is 18.6. The number of aromatic amines is 1. The molecule has 0 spiro atoms. The summed E-state index contributed by atoms with van der Waals surface area (Å²) in [5.41, 5.74) is 12.1. The van der Waals surface area contributed by atoms with Gasteiger partial charge in [-0.2, -0.15) is 0 Å². The van der Waals surface area contributed by atoms with Crippen LogP contribution in [0.15, 0.2) is 74.4 Å². The summed E-state index contributed by atoms with van der Waals surface area (Å²) in [6.07, 6.45) is 0.649. The molecule has 0 unspecified atom stereocenters. The number of nitrogens with zero attached hydrogens (tertiary/aromatic N) is 5. The summed E-state index contributed by atoms with van der Waals surface area (Å²) >= 11 is 1.63. The minimum atomic E-state index is -0.0955. The van der Waals surface area contributed by atoms with Crippen LogP contribution in [-0.4, -0.2) is 15.6 Å². The molecule has 0 saturated heterocycles. The molecule has 4 rings (SSSR count). The van der Waals surface area contributed by atoms with E-state index in [4.69, 9.17) is 5.53 Å². The van der Waals surface area contributed by atoms with Gasteiger partial charge in [0.05, 0.1) is 12.2 Å². The van der Waals surface area contributed by atoms with Gasteiger partial charge >= 0.3 is 0 Å². The Balaban J connectivity index is 1.44. The van der Waals surface area contributed by atoms with Crippen LogP contribution in [0.2, 0.25) is 0 Å². The highest BCUT2D eigenvalue weighted by Gasteiger charge is 2.17. The first kappa shape index (κ1) is 17.2. The van der Waals surface area contributed by atoms with Gasteiger partial charge in [0.1, 0.15) is 5.84 Å². The third-order valence-electron chi connectivity index (χ3n) is 4.26. The summed E-state index contributed by atoms with van der Waals surface area (Å²) in [7, 11) is 0. The van der Waals surface area contributed by atoms with E-state index in [9.17, 15) is 4.79 Å². The van der Waals surface area contributed by atoms with Crippen molar-refractivity contribution in [2.75, 3.05) is 0 Å². The van der Waals surface area contributed by atoms with Crippen molar-refractivity contribution in [2.24, 2.45) is 10.1 Å². The largest absolute Gasteiger partial charge is 0.293 e. The Morgan fingerprint density at radius 1 is 1.22 bits per heavy atom. The van der Waals surface area contributed by atoms with Crippen LogP contribution >= 0.6 is 11.8 Å². The first-order chi connectivity index (χ1) is 13.2. The second kappa shape index (κ2) is 7.57. The molecule has 27 heavy (non-hydrogen) atoms. The zero-order valence-electron chi connectivity index (χ0n) is 14.4. The van der Waals surface area contributed by atoms with Crippen LogP contribution < -0.4 is 5.56 Å². The quantitative estimate of drug-likeness (QED) is 0.309. The third kappa shape index (κ3) is 3.81. The van der Waals surface area contributed by atoms with Crippen molar-refractivity contribution in [1.82, 2.24) is 9.78 Å². The number of nitrogens with one attached hydrogen (secondary N) is 1. The number of aromatic nitrogens is 2. The highest BCUT2D eigenvalue weighted by atomic mass is 32.2. The fourth-order valence-electron chi connectivity index (χ4n) is 2.92. The van der Waals surface area contributed by atoms with Crippen LogP contribution in [0.3, 0.4) is 0 Å². The number of hydrogen-bond donors (Lipinski definition) is 1. The van der Waals surface area contributed by atoms with Crippen molar-refractivity contribution in [2.45, 2.75) is 23.6 Å². The molecule has 134 valence electrons. The minimum absolute atomic E-state index is 0.0955. The van der Waals surface area contributed by atoms with E-state index in [1.807, 2.05) is 48.5 Å². The molecule has 0 amide bonds. The van der Waals surface area contributed by atoms with Crippen molar-refractivity contribution >= 4 is 23.3 Å². The maximum atomic E-state index is 12.3. The van der Waals surface area contributed by atoms with Gasteiger partial charge in [0.2, 0.25) is 0 Å². The summed E-state index contributed by atoms with van der Waals surface area (Å²) in [6, 6.07) is 17.4. The van der Waals surface area contributed by atoms with Gasteiger partial charge in [-0.1, -0.05) is 35.4 Å². The van der Waals surface area contributed by atoms with E-state index in [0.29, 0.717) is 18.7 Å². The predicted molar refractivity (Wildman–Crippen MR) is 107 cm³/mol. The molecular formula is C19H16N6OS. The third-order valence-corrected chi connectivity index (χ3v) is 5.32. The number of fused-ring (bicyclic) bond motifs is 1. The molecular weight excluding hydrogens is 360 g/mol. The first-order valence-corrected chi connectivity index (χ1v) is 9.41. The highest BCUT2D eigenvalue weighted by Crippen LogP contribution is 2.26. The van der Waals surface area contributed by atoms with Gasteiger partial charge in [0.25, 0.3) is 5.56 Å². The highest BCUT2D eigenvalue weighted by molar-refractivity contribution is 7.98. The molecule has 1 aliphatic rings. The summed E-state index contributed by atoms with van der Waals surface area (Å²) in [4.78, 5) is 20.7. The topological polar surface area (TPSA) is 98.9 Å². The molecule has 8 heteroatoms. The lowest BCUT2D eigenvalue weighted by atomic mass is 10.1. The maximum Gasteiger partial charge on any atom is 0.272 e. The average Bonchev–Trinajstić information content (AvgIpc) is 3.28. The molecule has 3 aromatic rings. The average molecular weight is 376 g/mol. The van der Waals surface area contributed by atoms with Crippen molar-refractivity contribution < 1.29 is 0 Å². The van der Waals surface area contributed by atoms with Gasteiger partial charge in [0, 0.05) is 33.7 Å². The van der Waals surface area contributed by atoms with Crippen LogP contribution in [0.1, 0.15) is 16.8 Å². The Morgan fingerprint density at radius 3 is 2.81 bits per heavy atom. The first-order valence-electron chi connectivity index (χ1n) is 8.42. The van der Waals surface area contributed by atoms with E-state index in [2.05, 4.69) is 20.1 Å². The smallest absolute Gasteiger partial charge is 0.272 e. The van der Waals surface area contributed by atoms with Gasteiger partial charge in [-0.3, -0.25) is 9.89 Å². The number of hydrogen-bond acceptors (Lipinski definition) is 4. The monoisotopic (exact) mass is 376 g/mol. The number of thioether (sulfide) groups is 1. The standard InChI is InChI=1S/C19H16N6OS/c20-24-21-11-13-5-7-16(8-6-13)27-12-15-10-19(26)25(23-15)18-9-14-3-1-2-4-17(14)22-18/h1-8,10,23H,9,11-12H2. The van der Waals surface area contributed by atoms with Crippen LogP contribution in [-0.2, 0) is 18.7 Å². The van der Waals surface area contributed by atoms with Gasteiger partial charge in [-0.15, -0.1) is 11.8 Å². The lowest BCUT2D eigenvalue weighted by Gasteiger charge is -2.03. The second-order valence-electron chi connectivity index (χ2n) is 6.11. The minimum Gasteiger partial charge on any atom is -0.293 e. The van der Waals surface area contributed by atoms with Gasteiger partial charge in [-0.25, -0.2) is 9.67 Å². The van der Waals surface area contributed by atoms with E-state index in [1.165, 1.54) is 4.68 Å². The second-order valence-corrected chi connectivity index (χ2v) is 7.16. The Bertz CT molecular complexity index is 1110. The Morgan fingerprint density at radius 2 is 2.04 bits per heavy atom.